The Morgan fingerprint density at radius 2 is 2.15 bits per heavy atom. The fourth-order valence-electron chi connectivity index (χ4n) is 2.77. The monoisotopic (exact) mass is 182 g/mol. The van der Waals surface area contributed by atoms with E-state index >= 15 is 0 Å². The van der Waals surface area contributed by atoms with Crippen molar-refractivity contribution < 1.29 is 4.79 Å². The summed E-state index contributed by atoms with van der Waals surface area (Å²) in [7, 11) is 0. The Morgan fingerprint density at radius 1 is 1.38 bits per heavy atom. The van der Waals surface area contributed by atoms with Gasteiger partial charge in [0.1, 0.15) is 0 Å². The molecule has 2 fully saturated rings. The number of hydrogen-bond acceptors (Lipinski definition) is 2. The van der Waals surface area contributed by atoms with Crippen LogP contribution in [0.25, 0.3) is 0 Å². The quantitative estimate of drug-likeness (QED) is 0.596. The zero-order chi connectivity index (χ0) is 9.42. The number of carbonyl (C=O) groups excluding carboxylic acids is 1. The SMILES string of the molecule is CC(=O)N1C[C@@H]2CCC[C@H](N)[C@H]2C1. The van der Waals surface area contributed by atoms with Crippen molar-refractivity contribution in [3.8, 4) is 0 Å². The van der Waals surface area contributed by atoms with Crippen LogP contribution in [0.2, 0.25) is 0 Å². The van der Waals surface area contributed by atoms with Gasteiger partial charge in [-0.25, -0.2) is 0 Å². The highest BCUT2D eigenvalue weighted by Crippen LogP contribution is 2.35. The average Bonchev–Trinajstić information content (AvgIpc) is 2.49. The van der Waals surface area contributed by atoms with Gasteiger partial charge in [0.25, 0.3) is 0 Å². The van der Waals surface area contributed by atoms with Crippen LogP contribution in [0.5, 0.6) is 0 Å². The van der Waals surface area contributed by atoms with E-state index in [1.807, 2.05) is 4.90 Å². The first-order valence-corrected chi connectivity index (χ1v) is 5.19. The molecule has 2 aliphatic rings. The van der Waals surface area contributed by atoms with Crippen molar-refractivity contribution in [3.05, 3.63) is 0 Å². The Kier molecular flexibility index (Phi) is 2.28. The molecule has 3 heteroatoms. The second-order valence-corrected chi connectivity index (χ2v) is 4.44. The van der Waals surface area contributed by atoms with Gasteiger partial charge >= 0.3 is 0 Å². The first-order chi connectivity index (χ1) is 6.18. The summed E-state index contributed by atoms with van der Waals surface area (Å²) in [6, 6.07) is 0.336. The smallest absolute Gasteiger partial charge is 0.219 e. The highest BCUT2D eigenvalue weighted by molar-refractivity contribution is 5.73. The van der Waals surface area contributed by atoms with E-state index in [1.165, 1.54) is 12.8 Å². The van der Waals surface area contributed by atoms with Gasteiger partial charge in [-0.15, -0.1) is 0 Å². The first-order valence-electron chi connectivity index (χ1n) is 5.19. The molecule has 0 radical (unpaired) electrons. The summed E-state index contributed by atoms with van der Waals surface area (Å²) in [5, 5.41) is 0. The second kappa shape index (κ2) is 3.29. The number of nitrogens with two attached hydrogens (primary N) is 1. The lowest BCUT2D eigenvalue weighted by Gasteiger charge is -2.29. The summed E-state index contributed by atoms with van der Waals surface area (Å²) in [5.74, 6) is 1.48. The van der Waals surface area contributed by atoms with Gasteiger partial charge in [-0.1, -0.05) is 6.42 Å². The van der Waals surface area contributed by atoms with Crippen molar-refractivity contribution in [1.82, 2.24) is 4.90 Å². The number of carbonyl (C=O) groups is 1. The van der Waals surface area contributed by atoms with Crippen LogP contribution in [0.3, 0.4) is 0 Å². The van der Waals surface area contributed by atoms with E-state index in [-0.39, 0.29) is 5.91 Å². The highest BCUT2D eigenvalue weighted by atomic mass is 16.2. The van der Waals surface area contributed by atoms with Crippen molar-refractivity contribution >= 4 is 5.91 Å². The zero-order valence-electron chi connectivity index (χ0n) is 8.20. The van der Waals surface area contributed by atoms with E-state index in [2.05, 4.69) is 0 Å². The van der Waals surface area contributed by atoms with Crippen LogP contribution in [0.4, 0.5) is 0 Å². The van der Waals surface area contributed by atoms with Crippen molar-refractivity contribution in [1.29, 1.82) is 0 Å². The Labute approximate surface area is 79.3 Å². The van der Waals surface area contributed by atoms with Gasteiger partial charge in [0.15, 0.2) is 0 Å². The molecule has 13 heavy (non-hydrogen) atoms. The lowest BCUT2D eigenvalue weighted by atomic mass is 9.78. The summed E-state index contributed by atoms with van der Waals surface area (Å²) in [6.07, 6.45) is 3.66. The maximum absolute atomic E-state index is 11.2. The fourth-order valence-corrected chi connectivity index (χ4v) is 2.77. The lowest BCUT2D eigenvalue weighted by Crippen LogP contribution is -2.38. The van der Waals surface area contributed by atoms with Crippen LogP contribution in [0.15, 0.2) is 0 Å². The molecule has 0 aromatic carbocycles. The molecule has 1 aliphatic heterocycles. The maximum atomic E-state index is 11.2. The second-order valence-electron chi connectivity index (χ2n) is 4.44. The van der Waals surface area contributed by atoms with Crippen molar-refractivity contribution in [2.24, 2.45) is 17.6 Å². The van der Waals surface area contributed by atoms with Crippen LogP contribution in [0, 0.1) is 11.8 Å². The Balaban J connectivity index is 2.04. The van der Waals surface area contributed by atoms with Crippen LogP contribution in [-0.2, 0) is 4.79 Å². The molecule has 0 aromatic heterocycles. The molecule has 0 bridgehead atoms. The number of likely N-dealkylation sites (tertiary alicyclic amines) is 1. The van der Waals surface area contributed by atoms with E-state index < -0.39 is 0 Å². The molecule has 3 atom stereocenters. The third-order valence-corrected chi connectivity index (χ3v) is 3.60. The number of fused-ring (bicyclic) bond motifs is 1. The standard InChI is InChI=1S/C10H18N2O/c1-7(13)12-5-8-3-2-4-10(11)9(8)6-12/h8-10H,2-6,11H2,1H3/t8-,9-,10-/m0/s1. The predicted octanol–water partition coefficient (Wildman–Crippen LogP) is 0.592. The Morgan fingerprint density at radius 3 is 2.77 bits per heavy atom. The van der Waals surface area contributed by atoms with Gasteiger partial charge in [-0.3, -0.25) is 4.79 Å². The molecule has 0 unspecified atom stereocenters. The molecule has 3 nitrogen and oxygen atoms in total. The van der Waals surface area contributed by atoms with E-state index in [1.54, 1.807) is 6.92 Å². The summed E-state index contributed by atoms with van der Waals surface area (Å²) >= 11 is 0. The van der Waals surface area contributed by atoms with Gasteiger partial charge in [0, 0.05) is 26.1 Å². The topological polar surface area (TPSA) is 46.3 Å². The van der Waals surface area contributed by atoms with Crippen LogP contribution >= 0.6 is 0 Å². The van der Waals surface area contributed by atoms with Crippen LogP contribution in [-0.4, -0.2) is 29.9 Å². The molecule has 74 valence electrons. The van der Waals surface area contributed by atoms with Crippen molar-refractivity contribution in [2.45, 2.75) is 32.2 Å². The molecule has 1 amide bonds. The molecule has 2 rings (SSSR count). The van der Waals surface area contributed by atoms with E-state index in [9.17, 15) is 4.79 Å². The van der Waals surface area contributed by atoms with Crippen molar-refractivity contribution in [2.75, 3.05) is 13.1 Å². The van der Waals surface area contributed by atoms with Gasteiger partial charge in [0.2, 0.25) is 5.91 Å². The third-order valence-electron chi connectivity index (χ3n) is 3.60. The van der Waals surface area contributed by atoms with Crippen molar-refractivity contribution in [3.63, 3.8) is 0 Å². The summed E-state index contributed by atoms with van der Waals surface area (Å²) < 4.78 is 0. The molecular formula is C10H18N2O. The van der Waals surface area contributed by atoms with Gasteiger partial charge < -0.3 is 10.6 Å². The molecule has 1 aliphatic carbocycles. The summed E-state index contributed by atoms with van der Waals surface area (Å²) in [5.41, 5.74) is 6.04. The maximum Gasteiger partial charge on any atom is 0.219 e. The molecule has 0 aromatic rings. The van der Waals surface area contributed by atoms with E-state index in [4.69, 9.17) is 5.73 Å². The Bertz CT molecular complexity index is 217. The summed E-state index contributed by atoms with van der Waals surface area (Å²) in [4.78, 5) is 13.1. The van der Waals surface area contributed by atoms with E-state index in [0.29, 0.717) is 17.9 Å². The number of rotatable bonds is 0. The Hall–Kier alpha value is -0.570. The zero-order valence-corrected chi connectivity index (χ0v) is 8.20. The van der Waals surface area contributed by atoms with Crippen LogP contribution in [0.1, 0.15) is 26.2 Å². The number of amides is 1. The minimum atomic E-state index is 0.210. The van der Waals surface area contributed by atoms with Gasteiger partial charge in [0.05, 0.1) is 0 Å². The normalized spacial score (nSPS) is 38.9. The molecule has 1 saturated carbocycles. The third kappa shape index (κ3) is 1.57. The number of hydrogen-bond donors (Lipinski definition) is 1. The molecular weight excluding hydrogens is 164 g/mol. The lowest BCUT2D eigenvalue weighted by molar-refractivity contribution is -0.128. The van der Waals surface area contributed by atoms with Gasteiger partial charge in [-0.2, -0.15) is 0 Å². The minimum Gasteiger partial charge on any atom is -0.342 e. The fraction of sp³-hybridized carbons (Fsp3) is 0.900. The molecule has 1 saturated heterocycles. The molecule has 0 spiro atoms. The predicted molar refractivity (Wildman–Crippen MR) is 51.1 cm³/mol. The average molecular weight is 182 g/mol. The first kappa shape index (κ1) is 9.00. The summed E-state index contributed by atoms with van der Waals surface area (Å²) in [6.45, 7) is 3.51. The molecule has 1 heterocycles. The largest absolute Gasteiger partial charge is 0.342 e. The van der Waals surface area contributed by atoms with Gasteiger partial charge in [-0.05, 0) is 24.7 Å². The number of nitrogens with zero attached hydrogens (tertiary/aromatic N) is 1. The van der Waals surface area contributed by atoms with Crippen LogP contribution < -0.4 is 5.73 Å². The minimum absolute atomic E-state index is 0.210. The molecule has 2 N–H and O–H groups in total. The van der Waals surface area contributed by atoms with E-state index in [0.717, 1.165) is 19.5 Å². The highest BCUT2D eigenvalue weighted by Gasteiger charge is 2.39.